The van der Waals surface area contributed by atoms with E-state index in [2.05, 4.69) is 16.0 Å². The quantitative estimate of drug-likeness (QED) is 0.272. The van der Waals surface area contributed by atoms with Gasteiger partial charge in [-0.15, -0.1) is 0 Å². The van der Waals surface area contributed by atoms with Gasteiger partial charge in [-0.3, -0.25) is 14.4 Å². The van der Waals surface area contributed by atoms with Crippen molar-refractivity contribution in [1.29, 1.82) is 0 Å². The smallest absolute Gasteiger partial charge is 0.306 e. The molecule has 0 bridgehead atoms. The normalized spacial score (nSPS) is 10.2. The number of carbonyl (C=O) groups is 3. The number of amides is 2. The number of benzene rings is 2. The fourth-order valence-electron chi connectivity index (χ4n) is 2.86. The van der Waals surface area contributed by atoms with Gasteiger partial charge in [-0.05, 0) is 49.2 Å². The van der Waals surface area contributed by atoms with Crippen LogP contribution in [-0.2, 0) is 20.7 Å². The maximum atomic E-state index is 12.3. The van der Waals surface area contributed by atoms with E-state index in [0.29, 0.717) is 24.4 Å². The summed E-state index contributed by atoms with van der Waals surface area (Å²) in [4.78, 5) is 36.2. The molecule has 0 spiro atoms. The zero-order valence-electron chi connectivity index (χ0n) is 18.2. The molecule has 0 unspecified atom stereocenters. The maximum absolute atomic E-state index is 12.3. The molecule has 0 fully saturated rings. The molecule has 170 valence electrons. The molecule has 2 aromatic rings. The molecule has 32 heavy (non-hydrogen) atoms. The lowest BCUT2D eigenvalue weighted by Gasteiger charge is -2.13. The Morgan fingerprint density at radius 2 is 1.69 bits per heavy atom. The van der Waals surface area contributed by atoms with Crippen molar-refractivity contribution in [1.82, 2.24) is 10.6 Å². The van der Waals surface area contributed by atoms with Gasteiger partial charge >= 0.3 is 5.97 Å². The fourth-order valence-corrected chi connectivity index (χ4v) is 3.09. The third-order valence-corrected chi connectivity index (χ3v) is 4.68. The molecule has 0 aliphatic rings. The molecule has 0 heterocycles. The number of thiocarbonyl (C=S) groups is 1. The summed E-state index contributed by atoms with van der Waals surface area (Å²) in [5.74, 6) is -1.05. The molecular formula is C24H29N3O4S. The molecule has 0 saturated heterocycles. The van der Waals surface area contributed by atoms with E-state index in [1.807, 2.05) is 37.3 Å². The van der Waals surface area contributed by atoms with Gasteiger partial charge in [0.2, 0.25) is 5.91 Å². The van der Waals surface area contributed by atoms with Crippen molar-refractivity contribution in [2.24, 2.45) is 0 Å². The van der Waals surface area contributed by atoms with Crippen LogP contribution in [0.4, 0.5) is 5.69 Å². The number of hydrogen-bond donors (Lipinski definition) is 3. The lowest BCUT2D eigenvalue weighted by molar-refractivity contribution is -0.145. The summed E-state index contributed by atoms with van der Waals surface area (Å²) in [6.45, 7) is 2.85. The van der Waals surface area contributed by atoms with Gasteiger partial charge in [-0.2, -0.15) is 0 Å². The molecule has 2 amide bonds. The van der Waals surface area contributed by atoms with Crippen LogP contribution in [0.25, 0.3) is 0 Å². The third kappa shape index (κ3) is 9.26. The Hall–Kier alpha value is -3.26. The summed E-state index contributed by atoms with van der Waals surface area (Å²) in [6, 6.07) is 16.8. The highest BCUT2D eigenvalue weighted by molar-refractivity contribution is 7.80. The van der Waals surface area contributed by atoms with Gasteiger partial charge in [0.1, 0.15) is 0 Å². The molecule has 0 saturated carbocycles. The summed E-state index contributed by atoms with van der Waals surface area (Å²) in [6.07, 6.45) is 2.30. The Morgan fingerprint density at radius 1 is 0.969 bits per heavy atom. The van der Waals surface area contributed by atoms with Crippen LogP contribution in [0.1, 0.15) is 48.5 Å². The molecular weight excluding hydrogens is 426 g/mol. The second-order valence-electron chi connectivity index (χ2n) is 7.11. The lowest BCUT2D eigenvalue weighted by Crippen LogP contribution is -2.35. The molecule has 2 aromatic carbocycles. The lowest BCUT2D eigenvalue weighted by atomic mass is 10.1. The molecule has 0 radical (unpaired) electrons. The number of nitrogens with one attached hydrogen (secondary N) is 3. The Balaban J connectivity index is 1.69. The molecule has 8 heteroatoms. The molecule has 7 nitrogen and oxygen atoms in total. The average Bonchev–Trinajstić information content (AvgIpc) is 2.80. The van der Waals surface area contributed by atoms with Gasteiger partial charge in [0.05, 0.1) is 24.3 Å². The van der Waals surface area contributed by atoms with Gasteiger partial charge in [-0.25, -0.2) is 0 Å². The predicted octanol–water partition coefficient (Wildman–Crippen LogP) is 3.60. The number of carbonyl (C=O) groups excluding carboxylic acids is 3. The minimum absolute atomic E-state index is 0.0320. The first kappa shape index (κ1) is 25.0. The monoisotopic (exact) mass is 455 g/mol. The van der Waals surface area contributed by atoms with Crippen LogP contribution in [0.15, 0.2) is 54.6 Å². The first-order chi connectivity index (χ1) is 15.5. The van der Waals surface area contributed by atoms with Gasteiger partial charge in [0.15, 0.2) is 5.11 Å². The van der Waals surface area contributed by atoms with Gasteiger partial charge in [0, 0.05) is 13.0 Å². The summed E-state index contributed by atoms with van der Waals surface area (Å²) in [5, 5.41) is 8.25. The summed E-state index contributed by atoms with van der Waals surface area (Å²) >= 11 is 5.17. The molecule has 3 N–H and O–H groups in total. The van der Waals surface area contributed by atoms with Crippen LogP contribution in [0, 0.1) is 0 Å². The van der Waals surface area contributed by atoms with E-state index in [-0.39, 0.29) is 23.9 Å². The van der Waals surface area contributed by atoms with E-state index in [1.165, 1.54) is 5.56 Å². The van der Waals surface area contributed by atoms with Crippen LogP contribution in [0.2, 0.25) is 0 Å². The minimum atomic E-state index is -0.426. The summed E-state index contributed by atoms with van der Waals surface area (Å²) < 4.78 is 5.18. The molecule has 0 atom stereocenters. The Bertz CT molecular complexity index is 918. The zero-order valence-corrected chi connectivity index (χ0v) is 19.0. The van der Waals surface area contributed by atoms with Crippen molar-refractivity contribution >= 4 is 40.8 Å². The topological polar surface area (TPSA) is 96.5 Å². The minimum Gasteiger partial charge on any atom is -0.466 e. The van der Waals surface area contributed by atoms with Crippen LogP contribution in [-0.4, -0.2) is 36.0 Å². The van der Waals surface area contributed by atoms with Gasteiger partial charge < -0.3 is 20.7 Å². The van der Waals surface area contributed by atoms with E-state index in [1.54, 1.807) is 24.3 Å². The first-order valence-electron chi connectivity index (χ1n) is 10.7. The SMILES string of the molecule is CCCNC(=O)c1ccccc1NC(=S)NC(=O)CCC(=O)OCCCc1ccccc1. The fraction of sp³-hybridized carbons (Fsp3) is 0.333. The Morgan fingerprint density at radius 3 is 2.44 bits per heavy atom. The van der Waals surface area contributed by atoms with Crippen molar-refractivity contribution < 1.29 is 19.1 Å². The van der Waals surface area contributed by atoms with Crippen LogP contribution in [0.5, 0.6) is 0 Å². The van der Waals surface area contributed by atoms with E-state index < -0.39 is 11.9 Å². The van der Waals surface area contributed by atoms with Crippen molar-refractivity contribution in [3.05, 3.63) is 65.7 Å². The Kier molecular flexibility index (Phi) is 10.9. The van der Waals surface area contributed by atoms with Crippen LogP contribution < -0.4 is 16.0 Å². The average molecular weight is 456 g/mol. The van der Waals surface area contributed by atoms with E-state index in [0.717, 1.165) is 19.3 Å². The second kappa shape index (κ2) is 13.9. The number of aryl methyl sites for hydroxylation is 1. The molecule has 0 aliphatic heterocycles. The van der Waals surface area contributed by atoms with E-state index in [9.17, 15) is 14.4 Å². The second-order valence-corrected chi connectivity index (χ2v) is 7.52. The predicted molar refractivity (Wildman–Crippen MR) is 128 cm³/mol. The van der Waals surface area contributed by atoms with E-state index in [4.69, 9.17) is 17.0 Å². The standard InChI is InChI=1S/C24H29N3O4S/c1-2-16-25-23(30)19-12-6-7-13-20(19)26-24(32)27-21(28)14-15-22(29)31-17-8-11-18-9-4-3-5-10-18/h3-7,9-10,12-13H,2,8,11,14-17H2,1H3,(H,25,30)(H2,26,27,28,32). The molecule has 2 rings (SSSR count). The number of esters is 1. The van der Waals surface area contributed by atoms with E-state index >= 15 is 0 Å². The number of ether oxygens (including phenoxy) is 1. The number of para-hydroxylation sites is 1. The highest BCUT2D eigenvalue weighted by Gasteiger charge is 2.13. The van der Waals surface area contributed by atoms with Crippen LogP contribution >= 0.6 is 12.2 Å². The number of rotatable bonds is 11. The van der Waals surface area contributed by atoms with Gasteiger partial charge in [-0.1, -0.05) is 49.4 Å². The molecule has 0 aromatic heterocycles. The summed E-state index contributed by atoms with van der Waals surface area (Å²) in [5.41, 5.74) is 2.11. The largest absolute Gasteiger partial charge is 0.466 e. The van der Waals surface area contributed by atoms with Crippen molar-refractivity contribution in [3.8, 4) is 0 Å². The Labute approximate surface area is 193 Å². The zero-order chi connectivity index (χ0) is 23.2. The highest BCUT2D eigenvalue weighted by Crippen LogP contribution is 2.15. The number of hydrogen-bond acceptors (Lipinski definition) is 5. The summed E-state index contributed by atoms with van der Waals surface area (Å²) in [7, 11) is 0. The first-order valence-corrected chi connectivity index (χ1v) is 11.1. The van der Waals surface area contributed by atoms with Crippen molar-refractivity contribution in [2.75, 3.05) is 18.5 Å². The maximum Gasteiger partial charge on any atom is 0.306 e. The number of anilines is 1. The highest BCUT2D eigenvalue weighted by atomic mass is 32.1. The molecule has 0 aliphatic carbocycles. The van der Waals surface area contributed by atoms with Crippen molar-refractivity contribution in [2.45, 2.75) is 39.0 Å². The van der Waals surface area contributed by atoms with Gasteiger partial charge in [0.25, 0.3) is 5.91 Å². The third-order valence-electron chi connectivity index (χ3n) is 4.48. The van der Waals surface area contributed by atoms with Crippen LogP contribution in [0.3, 0.4) is 0 Å². The van der Waals surface area contributed by atoms with Crippen molar-refractivity contribution in [3.63, 3.8) is 0 Å².